The second kappa shape index (κ2) is 4.73. The number of thiophene rings is 1. The van der Waals surface area contributed by atoms with Gasteiger partial charge in [-0.3, -0.25) is 9.36 Å². The summed E-state index contributed by atoms with van der Waals surface area (Å²) in [7, 11) is 0. The number of rotatable bonds is 2. The summed E-state index contributed by atoms with van der Waals surface area (Å²) in [5.41, 5.74) is 6.73. The molecule has 7 nitrogen and oxygen atoms in total. The SMILES string of the molecule is Cc1c(-c2nc(C3(N)CCC3)no2)sc2nc3n(c(=O)c12)CCC3. The van der Waals surface area contributed by atoms with Crippen LogP contribution in [0.1, 0.15) is 42.9 Å². The van der Waals surface area contributed by atoms with Gasteiger partial charge in [0.25, 0.3) is 11.4 Å². The van der Waals surface area contributed by atoms with Crippen molar-refractivity contribution < 1.29 is 4.52 Å². The van der Waals surface area contributed by atoms with Crippen LogP contribution in [0, 0.1) is 6.92 Å². The highest BCUT2D eigenvalue weighted by atomic mass is 32.1. The standard InChI is InChI=1S/C16H17N5O2S/c1-8-10-13(18-9-4-2-7-21(9)14(10)22)24-11(8)12-19-15(20-23-12)16(17)5-3-6-16/h2-7,17H2,1H3. The highest BCUT2D eigenvalue weighted by molar-refractivity contribution is 7.22. The summed E-state index contributed by atoms with van der Waals surface area (Å²) in [6.07, 6.45) is 4.70. The Morgan fingerprint density at radius 2 is 2.12 bits per heavy atom. The number of fused-ring (bicyclic) bond motifs is 2. The van der Waals surface area contributed by atoms with E-state index in [1.807, 2.05) is 6.92 Å². The lowest BCUT2D eigenvalue weighted by atomic mass is 9.77. The Kier molecular flexibility index (Phi) is 2.82. The van der Waals surface area contributed by atoms with Gasteiger partial charge in [-0.05, 0) is 38.2 Å². The molecule has 8 heteroatoms. The number of hydrogen-bond acceptors (Lipinski definition) is 7. The molecule has 0 unspecified atom stereocenters. The van der Waals surface area contributed by atoms with E-state index in [4.69, 9.17) is 10.3 Å². The topological polar surface area (TPSA) is 99.8 Å². The lowest BCUT2D eigenvalue weighted by molar-refractivity contribution is 0.229. The van der Waals surface area contributed by atoms with Crippen LogP contribution >= 0.6 is 11.3 Å². The molecule has 0 spiro atoms. The molecule has 5 rings (SSSR count). The van der Waals surface area contributed by atoms with Gasteiger partial charge in [-0.15, -0.1) is 11.3 Å². The largest absolute Gasteiger partial charge is 0.333 e. The lowest BCUT2D eigenvalue weighted by Gasteiger charge is -2.34. The summed E-state index contributed by atoms with van der Waals surface area (Å²) in [5, 5.41) is 4.75. The Morgan fingerprint density at radius 1 is 1.29 bits per heavy atom. The predicted octanol–water partition coefficient (Wildman–Crippen LogP) is 2.10. The maximum Gasteiger partial charge on any atom is 0.268 e. The highest BCUT2D eigenvalue weighted by Gasteiger charge is 2.39. The van der Waals surface area contributed by atoms with Gasteiger partial charge in [0.2, 0.25) is 0 Å². The van der Waals surface area contributed by atoms with Crippen LogP contribution < -0.4 is 11.3 Å². The number of aryl methyl sites for hydroxylation is 2. The molecule has 124 valence electrons. The zero-order valence-electron chi connectivity index (χ0n) is 13.3. The average Bonchev–Trinajstić information content (AvgIpc) is 3.24. The maximum absolute atomic E-state index is 12.7. The van der Waals surface area contributed by atoms with Gasteiger partial charge in [0.05, 0.1) is 15.8 Å². The molecule has 1 aliphatic heterocycles. The van der Waals surface area contributed by atoms with Crippen molar-refractivity contribution in [3.63, 3.8) is 0 Å². The number of nitrogens with zero attached hydrogens (tertiary/aromatic N) is 4. The summed E-state index contributed by atoms with van der Waals surface area (Å²) in [6, 6.07) is 0. The van der Waals surface area contributed by atoms with Crippen molar-refractivity contribution >= 4 is 21.6 Å². The Labute approximate surface area is 141 Å². The van der Waals surface area contributed by atoms with Gasteiger partial charge in [0.1, 0.15) is 10.7 Å². The van der Waals surface area contributed by atoms with Crippen LogP contribution in [-0.4, -0.2) is 19.7 Å². The summed E-state index contributed by atoms with van der Waals surface area (Å²) >= 11 is 1.45. The zero-order chi connectivity index (χ0) is 16.5. The zero-order valence-corrected chi connectivity index (χ0v) is 14.2. The van der Waals surface area contributed by atoms with Crippen LogP contribution in [0.3, 0.4) is 0 Å². The van der Waals surface area contributed by atoms with E-state index in [0.29, 0.717) is 17.1 Å². The highest BCUT2D eigenvalue weighted by Crippen LogP contribution is 2.40. The summed E-state index contributed by atoms with van der Waals surface area (Å²) in [6.45, 7) is 2.67. The minimum Gasteiger partial charge on any atom is -0.333 e. The molecule has 1 aliphatic carbocycles. The molecular formula is C16H17N5O2S. The van der Waals surface area contributed by atoms with Crippen molar-refractivity contribution in [1.82, 2.24) is 19.7 Å². The number of aromatic nitrogens is 4. The summed E-state index contributed by atoms with van der Waals surface area (Å²) < 4.78 is 7.24. The molecule has 3 aromatic heterocycles. The molecule has 2 aliphatic rings. The van der Waals surface area contributed by atoms with Crippen molar-refractivity contribution in [2.24, 2.45) is 5.73 Å². The van der Waals surface area contributed by atoms with E-state index in [9.17, 15) is 4.79 Å². The fourth-order valence-corrected chi connectivity index (χ4v) is 4.69. The molecule has 0 radical (unpaired) electrons. The van der Waals surface area contributed by atoms with E-state index in [1.165, 1.54) is 11.3 Å². The first kappa shape index (κ1) is 14.3. The Balaban J connectivity index is 1.67. The van der Waals surface area contributed by atoms with Crippen LogP contribution in [0.15, 0.2) is 9.32 Å². The monoisotopic (exact) mass is 343 g/mol. The fraction of sp³-hybridized carbons (Fsp3) is 0.500. The average molecular weight is 343 g/mol. The molecule has 24 heavy (non-hydrogen) atoms. The molecule has 0 saturated heterocycles. The second-order valence-electron chi connectivity index (χ2n) is 6.76. The summed E-state index contributed by atoms with van der Waals surface area (Å²) in [5.74, 6) is 1.88. The van der Waals surface area contributed by atoms with Crippen molar-refractivity contribution in [2.75, 3.05) is 0 Å². The fourth-order valence-electron chi connectivity index (χ4n) is 3.58. The lowest BCUT2D eigenvalue weighted by Crippen LogP contribution is -2.44. The quantitative estimate of drug-likeness (QED) is 0.765. The van der Waals surface area contributed by atoms with E-state index < -0.39 is 5.54 Å². The van der Waals surface area contributed by atoms with Gasteiger partial charge in [0.15, 0.2) is 5.82 Å². The van der Waals surface area contributed by atoms with E-state index in [2.05, 4.69) is 15.1 Å². The molecule has 0 atom stereocenters. The molecule has 0 amide bonds. The van der Waals surface area contributed by atoms with Gasteiger partial charge in [0, 0.05) is 13.0 Å². The van der Waals surface area contributed by atoms with Crippen molar-refractivity contribution in [3.8, 4) is 10.8 Å². The van der Waals surface area contributed by atoms with E-state index in [-0.39, 0.29) is 5.56 Å². The van der Waals surface area contributed by atoms with Crippen LogP contribution in [0.4, 0.5) is 0 Å². The Morgan fingerprint density at radius 3 is 2.88 bits per heavy atom. The van der Waals surface area contributed by atoms with E-state index in [1.54, 1.807) is 4.57 Å². The summed E-state index contributed by atoms with van der Waals surface area (Å²) in [4.78, 5) is 23.5. The third kappa shape index (κ3) is 1.81. The minimum absolute atomic E-state index is 0.0431. The molecule has 1 fully saturated rings. The van der Waals surface area contributed by atoms with Gasteiger partial charge in [-0.1, -0.05) is 5.16 Å². The first-order valence-corrected chi connectivity index (χ1v) is 9.05. The van der Waals surface area contributed by atoms with E-state index >= 15 is 0 Å². The predicted molar refractivity (Wildman–Crippen MR) is 89.9 cm³/mol. The molecule has 2 N–H and O–H groups in total. The number of nitrogens with two attached hydrogens (primary N) is 1. The molecule has 1 saturated carbocycles. The normalized spacial score (nSPS) is 18.8. The Bertz CT molecular complexity index is 1030. The van der Waals surface area contributed by atoms with Gasteiger partial charge in [-0.25, -0.2) is 4.98 Å². The van der Waals surface area contributed by atoms with E-state index in [0.717, 1.165) is 59.7 Å². The smallest absolute Gasteiger partial charge is 0.268 e. The van der Waals surface area contributed by atoms with Crippen LogP contribution in [-0.2, 0) is 18.5 Å². The molecule has 0 aromatic carbocycles. The molecule has 4 heterocycles. The van der Waals surface area contributed by atoms with Crippen molar-refractivity contribution in [1.29, 1.82) is 0 Å². The third-order valence-electron chi connectivity index (χ3n) is 5.22. The van der Waals surface area contributed by atoms with Crippen LogP contribution in [0.2, 0.25) is 0 Å². The molecule has 3 aromatic rings. The number of hydrogen-bond donors (Lipinski definition) is 1. The maximum atomic E-state index is 12.7. The van der Waals surface area contributed by atoms with Gasteiger partial charge in [-0.2, -0.15) is 4.98 Å². The van der Waals surface area contributed by atoms with Gasteiger partial charge < -0.3 is 10.3 Å². The van der Waals surface area contributed by atoms with Crippen molar-refractivity contribution in [2.45, 2.75) is 51.1 Å². The first-order chi connectivity index (χ1) is 11.6. The first-order valence-electron chi connectivity index (χ1n) is 8.23. The molecule has 0 bridgehead atoms. The van der Waals surface area contributed by atoms with Crippen LogP contribution in [0.25, 0.3) is 21.0 Å². The third-order valence-corrected chi connectivity index (χ3v) is 6.40. The van der Waals surface area contributed by atoms with Crippen LogP contribution in [0.5, 0.6) is 0 Å². The molecular weight excluding hydrogens is 326 g/mol. The minimum atomic E-state index is -0.453. The van der Waals surface area contributed by atoms with Gasteiger partial charge >= 0.3 is 0 Å². The Hall–Kier alpha value is -2.06. The second-order valence-corrected chi connectivity index (χ2v) is 7.76. The van der Waals surface area contributed by atoms with Crippen molar-refractivity contribution in [3.05, 3.63) is 27.6 Å².